The standard InChI is InChI=1S/C21H25N2O3S/c1-17(2)27(24,25)23(14-6-7-18(15-22)16-23)19-10-12-21(13-11-19)26-20-8-4-3-5-9-20/h3-13,16-17H,14-15,22H2,1-2H3/q+1. The second-order valence-corrected chi connectivity index (χ2v) is 9.39. The maximum absolute atomic E-state index is 13.3. The van der Waals surface area contributed by atoms with E-state index in [1.165, 1.54) is 0 Å². The van der Waals surface area contributed by atoms with Gasteiger partial charge < -0.3 is 10.5 Å². The Morgan fingerprint density at radius 2 is 1.67 bits per heavy atom. The van der Waals surface area contributed by atoms with Crippen molar-refractivity contribution < 1.29 is 13.2 Å². The molecule has 1 unspecified atom stereocenters. The summed E-state index contributed by atoms with van der Waals surface area (Å²) >= 11 is 0. The summed E-state index contributed by atoms with van der Waals surface area (Å²) in [6, 6.07) is 16.7. The van der Waals surface area contributed by atoms with E-state index in [0.29, 0.717) is 24.5 Å². The molecule has 2 aromatic rings. The molecule has 0 fully saturated rings. The van der Waals surface area contributed by atoms with E-state index in [1.54, 1.807) is 32.2 Å². The van der Waals surface area contributed by atoms with Gasteiger partial charge in [-0.25, -0.2) is 0 Å². The Morgan fingerprint density at radius 3 is 2.26 bits per heavy atom. The van der Waals surface area contributed by atoms with Crippen molar-refractivity contribution in [3.05, 3.63) is 78.5 Å². The van der Waals surface area contributed by atoms with Crippen LogP contribution >= 0.6 is 0 Å². The molecule has 0 bridgehead atoms. The van der Waals surface area contributed by atoms with Crippen LogP contribution in [-0.4, -0.2) is 26.8 Å². The zero-order valence-corrected chi connectivity index (χ0v) is 16.4. The number of ether oxygens (including phenoxy) is 1. The van der Waals surface area contributed by atoms with Gasteiger partial charge in [0.2, 0.25) is 0 Å². The molecule has 3 rings (SSSR count). The van der Waals surface area contributed by atoms with E-state index in [9.17, 15) is 8.42 Å². The Kier molecular flexibility index (Phi) is 5.51. The topological polar surface area (TPSA) is 69.4 Å². The van der Waals surface area contributed by atoms with Crippen molar-refractivity contribution in [3.8, 4) is 11.5 Å². The van der Waals surface area contributed by atoms with Gasteiger partial charge in [0.1, 0.15) is 29.5 Å². The summed E-state index contributed by atoms with van der Waals surface area (Å²) in [5.41, 5.74) is 7.25. The van der Waals surface area contributed by atoms with Crippen LogP contribution in [0.2, 0.25) is 0 Å². The lowest BCUT2D eigenvalue weighted by Gasteiger charge is -2.35. The first-order chi connectivity index (χ1) is 12.9. The van der Waals surface area contributed by atoms with Gasteiger partial charge in [-0.15, -0.1) is 0 Å². The lowest BCUT2D eigenvalue weighted by molar-refractivity contribution is 0.480. The number of rotatable bonds is 6. The molecule has 0 radical (unpaired) electrons. The van der Waals surface area contributed by atoms with Crippen molar-refractivity contribution in [3.63, 3.8) is 0 Å². The van der Waals surface area contributed by atoms with Crippen molar-refractivity contribution in [2.75, 3.05) is 13.1 Å². The van der Waals surface area contributed by atoms with Crippen LogP contribution in [0.15, 0.2) is 78.5 Å². The van der Waals surface area contributed by atoms with Crippen molar-refractivity contribution in [2.45, 2.75) is 19.1 Å². The van der Waals surface area contributed by atoms with E-state index in [-0.39, 0.29) is 3.89 Å². The molecular weight excluding hydrogens is 360 g/mol. The second-order valence-electron chi connectivity index (χ2n) is 6.76. The maximum Gasteiger partial charge on any atom is 0.308 e. The van der Waals surface area contributed by atoms with Gasteiger partial charge in [-0.1, -0.05) is 24.3 Å². The molecule has 0 spiro atoms. The van der Waals surface area contributed by atoms with Crippen LogP contribution < -0.4 is 14.4 Å². The Hall–Kier alpha value is -2.41. The molecule has 0 amide bonds. The molecule has 5 nitrogen and oxygen atoms in total. The summed E-state index contributed by atoms with van der Waals surface area (Å²) in [6.07, 6.45) is 5.51. The molecule has 0 aliphatic carbocycles. The third-order valence-electron chi connectivity index (χ3n) is 4.62. The fraction of sp³-hybridized carbons (Fsp3) is 0.238. The lowest BCUT2D eigenvalue weighted by atomic mass is 10.2. The molecule has 0 aromatic heterocycles. The van der Waals surface area contributed by atoms with E-state index < -0.39 is 15.3 Å². The highest BCUT2D eigenvalue weighted by Gasteiger charge is 2.45. The van der Waals surface area contributed by atoms with Crippen molar-refractivity contribution >= 4 is 15.7 Å². The highest BCUT2D eigenvalue weighted by molar-refractivity contribution is 7.91. The van der Waals surface area contributed by atoms with E-state index in [2.05, 4.69) is 0 Å². The average Bonchev–Trinajstić information content (AvgIpc) is 2.69. The summed E-state index contributed by atoms with van der Waals surface area (Å²) in [5.74, 6) is 1.38. The van der Waals surface area contributed by atoms with Gasteiger partial charge in [-0.05, 0) is 44.2 Å². The molecule has 2 aromatic carbocycles. The third kappa shape index (κ3) is 3.69. The number of para-hydroxylation sites is 1. The maximum atomic E-state index is 13.3. The van der Waals surface area contributed by atoms with Crippen LogP contribution in [0.4, 0.5) is 5.69 Å². The quantitative estimate of drug-likeness (QED) is 0.765. The minimum absolute atomic E-state index is 0.265. The van der Waals surface area contributed by atoms with Gasteiger partial charge in [0.05, 0.1) is 0 Å². The SMILES string of the molecule is CC(C)S(=O)(=O)[N+]1(c2ccc(Oc3ccccc3)cc2)C=C(CN)C=CC1. The van der Waals surface area contributed by atoms with Gasteiger partial charge in [0, 0.05) is 24.3 Å². The van der Waals surface area contributed by atoms with Gasteiger partial charge in [-0.3, -0.25) is 0 Å². The van der Waals surface area contributed by atoms with E-state index in [1.807, 2.05) is 54.6 Å². The van der Waals surface area contributed by atoms with Crippen molar-refractivity contribution in [1.29, 1.82) is 0 Å². The summed E-state index contributed by atoms with van der Waals surface area (Å²) < 4.78 is 32.1. The predicted octanol–water partition coefficient (Wildman–Crippen LogP) is 3.94. The first-order valence-corrected chi connectivity index (χ1v) is 10.4. The molecule has 1 atom stereocenters. The number of benzene rings is 2. The average molecular weight is 386 g/mol. The molecule has 1 heterocycles. The Morgan fingerprint density at radius 1 is 1.04 bits per heavy atom. The van der Waals surface area contributed by atoms with E-state index >= 15 is 0 Å². The Balaban J connectivity index is 2.01. The number of hydrogen-bond donors (Lipinski definition) is 1. The van der Waals surface area contributed by atoms with Gasteiger partial charge in [0.15, 0.2) is 5.69 Å². The van der Waals surface area contributed by atoms with Crippen LogP contribution in [0, 0.1) is 0 Å². The van der Waals surface area contributed by atoms with E-state index in [4.69, 9.17) is 10.5 Å². The first-order valence-electron chi connectivity index (χ1n) is 8.93. The first kappa shape index (κ1) is 19.4. The molecule has 2 N–H and O–H groups in total. The highest BCUT2D eigenvalue weighted by Crippen LogP contribution is 2.35. The normalized spacial score (nSPS) is 19.8. The van der Waals surface area contributed by atoms with Crippen LogP contribution in [0.5, 0.6) is 11.5 Å². The molecule has 0 saturated heterocycles. The van der Waals surface area contributed by atoms with Crippen molar-refractivity contribution in [1.82, 2.24) is 3.89 Å². The van der Waals surface area contributed by atoms with Crippen LogP contribution in [0.1, 0.15) is 13.8 Å². The molecule has 27 heavy (non-hydrogen) atoms. The van der Waals surface area contributed by atoms with Gasteiger partial charge >= 0.3 is 10.0 Å². The van der Waals surface area contributed by atoms with Crippen molar-refractivity contribution in [2.24, 2.45) is 5.73 Å². The second kappa shape index (κ2) is 7.68. The monoisotopic (exact) mass is 385 g/mol. The van der Waals surface area contributed by atoms with Gasteiger partial charge in [-0.2, -0.15) is 12.3 Å². The summed E-state index contributed by atoms with van der Waals surface area (Å²) in [4.78, 5) is 0. The summed E-state index contributed by atoms with van der Waals surface area (Å²) in [5, 5.41) is -0.528. The number of hydrogen-bond acceptors (Lipinski definition) is 4. The minimum atomic E-state index is -3.52. The number of nitrogens with two attached hydrogens (primary N) is 1. The Labute approximate surface area is 161 Å². The van der Waals surface area contributed by atoms with Crippen LogP contribution in [0.25, 0.3) is 0 Å². The zero-order chi connectivity index (χ0) is 19.5. The predicted molar refractivity (Wildman–Crippen MR) is 110 cm³/mol. The number of sulfonamides is 1. The zero-order valence-electron chi connectivity index (χ0n) is 15.6. The molecule has 1 aliphatic rings. The molecule has 6 heteroatoms. The highest BCUT2D eigenvalue weighted by atomic mass is 32.2. The fourth-order valence-electron chi connectivity index (χ4n) is 3.12. The smallest absolute Gasteiger partial charge is 0.308 e. The Bertz CT molecular complexity index is 949. The number of quaternary nitrogens is 1. The fourth-order valence-corrected chi connectivity index (χ4v) is 4.86. The van der Waals surface area contributed by atoms with Crippen LogP contribution in [0.3, 0.4) is 0 Å². The molecular formula is C21H25N2O3S+. The lowest BCUT2D eigenvalue weighted by Crippen LogP contribution is -2.53. The minimum Gasteiger partial charge on any atom is -0.457 e. The summed E-state index contributed by atoms with van der Waals surface area (Å²) in [7, 11) is -3.52. The number of nitrogens with zero attached hydrogens (tertiary/aromatic N) is 1. The molecule has 142 valence electrons. The van der Waals surface area contributed by atoms with Crippen LogP contribution in [-0.2, 0) is 10.0 Å². The largest absolute Gasteiger partial charge is 0.457 e. The molecule has 0 saturated carbocycles. The van der Waals surface area contributed by atoms with E-state index in [0.717, 1.165) is 11.3 Å². The van der Waals surface area contributed by atoms with Gasteiger partial charge in [0.25, 0.3) is 0 Å². The summed E-state index contributed by atoms with van der Waals surface area (Å²) in [6.45, 7) is 4.04. The molecule has 1 aliphatic heterocycles. The third-order valence-corrected chi connectivity index (χ3v) is 7.19.